The molecule has 130 valence electrons. The van der Waals surface area contributed by atoms with Gasteiger partial charge in [0.2, 0.25) is 5.91 Å². The van der Waals surface area contributed by atoms with Gasteiger partial charge in [-0.25, -0.2) is 14.2 Å². The van der Waals surface area contributed by atoms with Crippen LogP contribution in [0.5, 0.6) is 0 Å². The molecule has 0 aliphatic rings. The van der Waals surface area contributed by atoms with Gasteiger partial charge in [-0.2, -0.15) is 0 Å². The van der Waals surface area contributed by atoms with Crippen LogP contribution in [0.4, 0.5) is 9.52 Å². The minimum absolute atomic E-state index is 0.136. The van der Waals surface area contributed by atoms with Crippen LogP contribution < -0.4 is 11.1 Å². The Kier molecular flexibility index (Phi) is 4.10. The molecule has 0 atom stereocenters. The van der Waals surface area contributed by atoms with Crippen molar-refractivity contribution in [1.29, 1.82) is 0 Å². The Balaban J connectivity index is 1.48. The summed E-state index contributed by atoms with van der Waals surface area (Å²) in [6, 6.07) is 11.0. The SMILES string of the molecule is O=C(Cc1ccc(F)cc1)Nc1nc(-c2ccc3oc(=O)[nH]c3c2)cs1. The number of carbonyl (C=O) groups is 1. The van der Waals surface area contributed by atoms with E-state index in [1.165, 1.54) is 23.5 Å². The highest BCUT2D eigenvalue weighted by Crippen LogP contribution is 2.27. The first-order chi connectivity index (χ1) is 12.6. The van der Waals surface area contributed by atoms with E-state index in [-0.39, 0.29) is 18.1 Å². The number of hydrogen-bond donors (Lipinski definition) is 2. The van der Waals surface area contributed by atoms with Crippen LogP contribution in [0.15, 0.2) is 57.1 Å². The number of amides is 1. The summed E-state index contributed by atoms with van der Waals surface area (Å²) < 4.78 is 17.9. The first kappa shape index (κ1) is 16.2. The second-order valence-electron chi connectivity index (χ2n) is 5.61. The van der Waals surface area contributed by atoms with E-state index in [1.54, 1.807) is 30.3 Å². The third kappa shape index (κ3) is 3.40. The van der Waals surface area contributed by atoms with Crippen molar-refractivity contribution in [2.45, 2.75) is 6.42 Å². The number of nitrogens with one attached hydrogen (secondary N) is 2. The monoisotopic (exact) mass is 369 g/mol. The average molecular weight is 369 g/mol. The molecule has 0 radical (unpaired) electrons. The van der Waals surface area contributed by atoms with Gasteiger partial charge in [-0.3, -0.25) is 9.78 Å². The van der Waals surface area contributed by atoms with Crippen molar-refractivity contribution in [2.24, 2.45) is 0 Å². The van der Waals surface area contributed by atoms with Gasteiger partial charge in [0, 0.05) is 10.9 Å². The topological polar surface area (TPSA) is 88.0 Å². The Morgan fingerprint density at radius 1 is 1.23 bits per heavy atom. The van der Waals surface area contributed by atoms with Crippen molar-refractivity contribution in [3.8, 4) is 11.3 Å². The molecule has 2 N–H and O–H groups in total. The van der Waals surface area contributed by atoms with Crippen molar-refractivity contribution in [3.63, 3.8) is 0 Å². The van der Waals surface area contributed by atoms with Crippen LogP contribution in [0.1, 0.15) is 5.56 Å². The maximum Gasteiger partial charge on any atom is 0.417 e. The summed E-state index contributed by atoms with van der Waals surface area (Å²) in [5, 5.41) is 5.01. The number of oxazole rings is 1. The molecule has 0 aliphatic heterocycles. The van der Waals surface area contributed by atoms with E-state index in [0.717, 1.165) is 11.1 Å². The lowest BCUT2D eigenvalue weighted by Gasteiger charge is -2.02. The number of carbonyl (C=O) groups excluding carboxylic acids is 1. The third-order valence-corrected chi connectivity index (χ3v) is 4.50. The number of benzene rings is 2. The number of rotatable bonds is 4. The minimum Gasteiger partial charge on any atom is -0.408 e. The van der Waals surface area contributed by atoms with Crippen molar-refractivity contribution < 1.29 is 13.6 Å². The lowest BCUT2D eigenvalue weighted by molar-refractivity contribution is -0.115. The second kappa shape index (κ2) is 6.57. The number of aromatic nitrogens is 2. The molecule has 0 fully saturated rings. The van der Waals surface area contributed by atoms with Crippen LogP contribution in [0.25, 0.3) is 22.4 Å². The molecule has 26 heavy (non-hydrogen) atoms. The molecule has 0 unspecified atom stereocenters. The molecule has 2 aromatic carbocycles. The van der Waals surface area contributed by atoms with Crippen molar-refractivity contribution in [3.05, 3.63) is 69.8 Å². The van der Waals surface area contributed by atoms with Crippen LogP contribution in [0.3, 0.4) is 0 Å². The number of anilines is 1. The zero-order valence-electron chi connectivity index (χ0n) is 13.3. The molecule has 4 aromatic rings. The number of nitrogens with zero attached hydrogens (tertiary/aromatic N) is 1. The fraction of sp³-hybridized carbons (Fsp3) is 0.0556. The number of halogens is 1. The highest BCUT2D eigenvalue weighted by atomic mass is 32.1. The summed E-state index contributed by atoms with van der Waals surface area (Å²) >= 11 is 1.30. The number of H-pyrrole nitrogens is 1. The fourth-order valence-corrected chi connectivity index (χ4v) is 3.26. The second-order valence-corrected chi connectivity index (χ2v) is 6.47. The van der Waals surface area contributed by atoms with E-state index in [0.29, 0.717) is 21.9 Å². The van der Waals surface area contributed by atoms with Crippen LogP contribution in [0, 0.1) is 5.82 Å². The first-order valence-corrected chi connectivity index (χ1v) is 8.58. The van der Waals surface area contributed by atoms with Gasteiger partial charge in [0.05, 0.1) is 17.6 Å². The summed E-state index contributed by atoms with van der Waals surface area (Å²) in [5.41, 5.74) is 3.25. The number of thiazole rings is 1. The van der Waals surface area contributed by atoms with Gasteiger partial charge >= 0.3 is 5.76 Å². The number of aromatic amines is 1. The smallest absolute Gasteiger partial charge is 0.408 e. The molecule has 6 nitrogen and oxygen atoms in total. The summed E-state index contributed by atoms with van der Waals surface area (Å²) in [4.78, 5) is 30.3. The van der Waals surface area contributed by atoms with Gasteiger partial charge in [0.1, 0.15) is 5.82 Å². The molecule has 4 rings (SSSR count). The van der Waals surface area contributed by atoms with E-state index >= 15 is 0 Å². The van der Waals surface area contributed by atoms with Gasteiger partial charge in [-0.1, -0.05) is 12.1 Å². The van der Waals surface area contributed by atoms with Crippen molar-refractivity contribution in [1.82, 2.24) is 9.97 Å². The van der Waals surface area contributed by atoms with Crippen molar-refractivity contribution >= 4 is 33.5 Å². The van der Waals surface area contributed by atoms with Crippen LogP contribution in [-0.2, 0) is 11.2 Å². The van der Waals surface area contributed by atoms with E-state index < -0.39 is 5.76 Å². The molecular weight excluding hydrogens is 357 g/mol. The predicted octanol–water partition coefficient (Wildman–Crippen LogP) is 3.56. The van der Waals surface area contributed by atoms with Crippen LogP contribution in [0.2, 0.25) is 0 Å². The summed E-state index contributed by atoms with van der Waals surface area (Å²) in [6.45, 7) is 0. The molecule has 0 aliphatic carbocycles. The number of hydrogen-bond acceptors (Lipinski definition) is 5. The van der Waals surface area contributed by atoms with E-state index in [4.69, 9.17) is 4.42 Å². The lowest BCUT2D eigenvalue weighted by atomic mass is 10.1. The Hall–Kier alpha value is -3.26. The molecule has 0 saturated carbocycles. The maximum atomic E-state index is 12.9. The number of fused-ring (bicyclic) bond motifs is 1. The predicted molar refractivity (Wildman–Crippen MR) is 96.7 cm³/mol. The van der Waals surface area contributed by atoms with Gasteiger partial charge in [-0.05, 0) is 35.9 Å². The average Bonchev–Trinajstić information content (AvgIpc) is 3.21. The summed E-state index contributed by atoms with van der Waals surface area (Å²) in [6.07, 6.45) is 0.136. The standard InChI is InChI=1S/C18H12FN3O3S/c19-12-4-1-10(2-5-12)7-16(23)22-17-20-14(9-26-17)11-3-6-15-13(8-11)21-18(24)25-15/h1-6,8-9H,7H2,(H,21,24)(H,20,22,23). The maximum absolute atomic E-state index is 12.9. The van der Waals surface area contributed by atoms with Crippen LogP contribution in [-0.4, -0.2) is 15.9 Å². The Bertz CT molecular complexity index is 1140. The van der Waals surface area contributed by atoms with Crippen molar-refractivity contribution in [2.75, 3.05) is 5.32 Å². The van der Waals surface area contributed by atoms with E-state index in [1.807, 2.05) is 5.38 Å². The Morgan fingerprint density at radius 3 is 2.85 bits per heavy atom. The molecule has 0 bridgehead atoms. The quantitative estimate of drug-likeness (QED) is 0.576. The Morgan fingerprint density at radius 2 is 2.04 bits per heavy atom. The summed E-state index contributed by atoms with van der Waals surface area (Å²) in [7, 11) is 0. The Labute approximate surface area is 150 Å². The molecule has 0 saturated heterocycles. The highest BCUT2D eigenvalue weighted by molar-refractivity contribution is 7.14. The first-order valence-electron chi connectivity index (χ1n) is 7.70. The zero-order valence-corrected chi connectivity index (χ0v) is 14.1. The molecule has 8 heteroatoms. The molecule has 0 spiro atoms. The zero-order chi connectivity index (χ0) is 18.1. The largest absolute Gasteiger partial charge is 0.417 e. The van der Waals surface area contributed by atoms with Gasteiger partial charge in [0.25, 0.3) is 0 Å². The normalized spacial score (nSPS) is 11.0. The highest BCUT2D eigenvalue weighted by Gasteiger charge is 2.10. The lowest BCUT2D eigenvalue weighted by Crippen LogP contribution is -2.14. The fourth-order valence-electron chi connectivity index (χ4n) is 2.53. The van der Waals surface area contributed by atoms with E-state index in [2.05, 4.69) is 15.3 Å². The van der Waals surface area contributed by atoms with Crippen LogP contribution >= 0.6 is 11.3 Å². The molecule has 2 heterocycles. The van der Waals surface area contributed by atoms with Gasteiger partial charge in [-0.15, -0.1) is 11.3 Å². The van der Waals surface area contributed by atoms with Gasteiger partial charge in [0.15, 0.2) is 10.7 Å². The molecular formula is C18H12FN3O3S. The molecule has 1 amide bonds. The molecule has 2 aromatic heterocycles. The summed E-state index contributed by atoms with van der Waals surface area (Å²) in [5.74, 6) is -1.08. The minimum atomic E-state index is -0.510. The third-order valence-electron chi connectivity index (χ3n) is 3.74. The van der Waals surface area contributed by atoms with E-state index in [9.17, 15) is 14.0 Å². The van der Waals surface area contributed by atoms with Gasteiger partial charge < -0.3 is 9.73 Å².